The van der Waals surface area contributed by atoms with Gasteiger partial charge >= 0.3 is 0 Å². The number of anilines is 1. The summed E-state index contributed by atoms with van der Waals surface area (Å²) in [5, 5.41) is 4.77. The SMILES string of the molecule is CC(=O)N1CCc2c(c(Cc3ccc(-c4cccc(N(C)C)c4)cc3)nn2C)C1. The van der Waals surface area contributed by atoms with Crippen LogP contribution in [0.5, 0.6) is 0 Å². The topological polar surface area (TPSA) is 41.4 Å². The van der Waals surface area contributed by atoms with E-state index < -0.39 is 0 Å². The molecule has 0 spiro atoms. The molecule has 0 radical (unpaired) electrons. The second-order valence-corrected chi connectivity index (χ2v) is 8.00. The van der Waals surface area contributed by atoms with Crippen LogP contribution in [0.25, 0.3) is 11.1 Å². The van der Waals surface area contributed by atoms with Crippen molar-refractivity contribution in [2.75, 3.05) is 25.5 Å². The van der Waals surface area contributed by atoms with Crippen molar-refractivity contribution in [3.05, 3.63) is 71.0 Å². The maximum Gasteiger partial charge on any atom is 0.219 e. The second-order valence-electron chi connectivity index (χ2n) is 8.00. The van der Waals surface area contributed by atoms with Gasteiger partial charge in [-0.25, -0.2) is 0 Å². The molecule has 150 valence electrons. The minimum Gasteiger partial charge on any atom is -0.378 e. The van der Waals surface area contributed by atoms with Crippen molar-refractivity contribution in [2.24, 2.45) is 7.05 Å². The van der Waals surface area contributed by atoms with Crippen LogP contribution in [0.2, 0.25) is 0 Å². The highest BCUT2D eigenvalue weighted by Gasteiger charge is 2.25. The molecule has 0 saturated carbocycles. The first-order valence-electron chi connectivity index (χ1n) is 10.1. The van der Waals surface area contributed by atoms with E-state index in [9.17, 15) is 4.79 Å². The molecule has 0 fully saturated rings. The molecule has 0 N–H and O–H groups in total. The lowest BCUT2D eigenvalue weighted by Crippen LogP contribution is -2.34. The lowest BCUT2D eigenvalue weighted by Gasteiger charge is -2.26. The van der Waals surface area contributed by atoms with Gasteiger partial charge in [-0.2, -0.15) is 5.10 Å². The molecule has 1 amide bonds. The van der Waals surface area contributed by atoms with Gasteiger partial charge in [0.2, 0.25) is 5.91 Å². The number of rotatable bonds is 4. The smallest absolute Gasteiger partial charge is 0.219 e. The van der Waals surface area contributed by atoms with Gasteiger partial charge in [0, 0.05) is 70.9 Å². The van der Waals surface area contributed by atoms with Crippen molar-refractivity contribution in [1.82, 2.24) is 14.7 Å². The summed E-state index contributed by atoms with van der Waals surface area (Å²) >= 11 is 0. The highest BCUT2D eigenvalue weighted by Crippen LogP contribution is 2.27. The fourth-order valence-electron chi connectivity index (χ4n) is 4.05. The Bertz CT molecular complexity index is 1030. The Morgan fingerprint density at radius 3 is 2.55 bits per heavy atom. The van der Waals surface area contributed by atoms with Gasteiger partial charge in [-0.3, -0.25) is 9.48 Å². The minimum absolute atomic E-state index is 0.134. The predicted molar refractivity (Wildman–Crippen MR) is 117 cm³/mol. The summed E-state index contributed by atoms with van der Waals surface area (Å²) < 4.78 is 1.99. The highest BCUT2D eigenvalue weighted by atomic mass is 16.2. The van der Waals surface area contributed by atoms with E-state index in [4.69, 9.17) is 5.10 Å². The molecule has 1 aliphatic heterocycles. The van der Waals surface area contributed by atoms with Gasteiger partial charge in [0.15, 0.2) is 0 Å². The first-order chi connectivity index (χ1) is 13.9. The molecular formula is C24H28N4O. The molecule has 4 rings (SSSR count). The molecule has 0 saturated heterocycles. The van der Waals surface area contributed by atoms with Crippen molar-refractivity contribution in [3.8, 4) is 11.1 Å². The third-order valence-electron chi connectivity index (χ3n) is 5.79. The minimum atomic E-state index is 0.134. The Kier molecular flexibility index (Phi) is 5.14. The first-order valence-corrected chi connectivity index (χ1v) is 10.1. The Labute approximate surface area is 172 Å². The van der Waals surface area contributed by atoms with Crippen LogP contribution in [0.15, 0.2) is 48.5 Å². The Balaban J connectivity index is 1.56. The Morgan fingerprint density at radius 1 is 1.10 bits per heavy atom. The summed E-state index contributed by atoms with van der Waals surface area (Å²) in [6.07, 6.45) is 1.66. The van der Waals surface area contributed by atoms with Crippen molar-refractivity contribution in [2.45, 2.75) is 26.3 Å². The van der Waals surface area contributed by atoms with Crippen LogP contribution in [0.3, 0.4) is 0 Å². The lowest BCUT2D eigenvalue weighted by molar-refractivity contribution is -0.129. The number of hydrogen-bond donors (Lipinski definition) is 0. The van der Waals surface area contributed by atoms with E-state index in [1.54, 1.807) is 6.92 Å². The van der Waals surface area contributed by atoms with Crippen LogP contribution in [0.1, 0.15) is 29.4 Å². The summed E-state index contributed by atoms with van der Waals surface area (Å²) in [6, 6.07) is 17.3. The van der Waals surface area contributed by atoms with E-state index in [0.29, 0.717) is 6.54 Å². The zero-order valence-electron chi connectivity index (χ0n) is 17.6. The third kappa shape index (κ3) is 3.90. The quantitative estimate of drug-likeness (QED) is 0.685. The zero-order chi connectivity index (χ0) is 20.5. The molecule has 2 heterocycles. The van der Waals surface area contributed by atoms with E-state index in [1.165, 1.54) is 33.6 Å². The average molecular weight is 389 g/mol. The van der Waals surface area contributed by atoms with Gasteiger partial charge in [0.25, 0.3) is 0 Å². The van der Waals surface area contributed by atoms with Gasteiger partial charge in [-0.1, -0.05) is 36.4 Å². The molecule has 3 aromatic rings. The van der Waals surface area contributed by atoms with Crippen molar-refractivity contribution >= 4 is 11.6 Å². The van der Waals surface area contributed by atoms with Crippen LogP contribution < -0.4 is 4.90 Å². The van der Waals surface area contributed by atoms with Crippen molar-refractivity contribution < 1.29 is 4.79 Å². The maximum atomic E-state index is 11.8. The largest absolute Gasteiger partial charge is 0.378 e. The van der Waals surface area contributed by atoms with E-state index in [2.05, 4.69) is 67.5 Å². The van der Waals surface area contributed by atoms with Crippen LogP contribution in [0, 0.1) is 0 Å². The van der Waals surface area contributed by atoms with Gasteiger partial charge in [-0.15, -0.1) is 0 Å². The number of aryl methyl sites for hydroxylation is 1. The molecule has 5 nitrogen and oxygen atoms in total. The number of amides is 1. The van der Waals surface area contributed by atoms with Gasteiger partial charge < -0.3 is 9.80 Å². The fraction of sp³-hybridized carbons (Fsp3) is 0.333. The normalized spacial score (nSPS) is 13.3. The molecule has 0 atom stereocenters. The molecule has 0 bridgehead atoms. The van der Waals surface area contributed by atoms with E-state index in [0.717, 1.165) is 25.1 Å². The monoisotopic (exact) mass is 388 g/mol. The number of nitrogens with zero attached hydrogens (tertiary/aromatic N) is 4. The maximum absolute atomic E-state index is 11.8. The van der Waals surface area contributed by atoms with Crippen molar-refractivity contribution in [1.29, 1.82) is 0 Å². The zero-order valence-corrected chi connectivity index (χ0v) is 17.6. The molecular weight excluding hydrogens is 360 g/mol. The van der Waals surface area contributed by atoms with E-state index in [-0.39, 0.29) is 5.91 Å². The molecule has 5 heteroatoms. The molecule has 1 aromatic heterocycles. The van der Waals surface area contributed by atoms with Crippen LogP contribution in [-0.2, 0) is 31.2 Å². The van der Waals surface area contributed by atoms with Crippen molar-refractivity contribution in [3.63, 3.8) is 0 Å². The van der Waals surface area contributed by atoms with Crippen LogP contribution in [0.4, 0.5) is 5.69 Å². The summed E-state index contributed by atoms with van der Waals surface area (Å²) in [7, 11) is 6.12. The second kappa shape index (κ2) is 7.74. The Morgan fingerprint density at radius 2 is 1.86 bits per heavy atom. The number of carbonyl (C=O) groups excluding carboxylic acids is 1. The number of benzene rings is 2. The standard InChI is InChI=1S/C24H28N4O/c1-17(29)28-13-12-24-22(16-28)23(25-27(24)4)14-18-8-10-19(11-9-18)20-6-5-7-21(15-20)26(2)3/h5-11,15H,12-14,16H2,1-4H3. The number of hydrogen-bond acceptors (Lipinski definition) is 3. The number of carbonyl (C=O) groups is 1. The van der Waals surface area contributed by atoms with Crippen LogP contribution in [-0.4, -0.2) is 41.2 Å². The van der Waals surface area contributed by atoms with Gasteiger partial charge in [0.05, 0.1) is 5.69 Å². The first kappa shape index (κ1) is 19.2. The molecule has 1 aliphatic rings. The highest BCUT2D eigenvalue weighted by molar-refractivity contribution is 5.73. The molecule has 2 aromatic carbocycles. The Hall–Kier alpha value is -3.08. The molecule has 0 aliphatic carbocycles. The summed E-state index contributed by atoms with van der Waals surface area (Å²) in [6.45, 7) is 3.09. The molecule has 0 unspecified atom stereocenters. The van der Waals surface area contributed by atoms with Gasteiger partial charge in [-0.05, 0) is 28.8 Å². The van der Waals surface area contributed by atoms with E-state index >= 15 is 0 Å². The number of fused-ring (bicyclic) bond motifs is 1. The van der Waals surface area contributed by atoms with Crippen LogP contribution >= 0.6 is 0 Å². The lowest BCUT2D eigenvalue weighted by atomic mass is 9.98. The van der Waals surface area contributed by atoms with Gasteiger partial charge in [0.1, 0.15) is 0 Å². The summed E-state index contributed by atoms with van der Waals surface area (Å²) in [4.78, 5) is 15.8. The third-order valence-corrected chi connectivity index (χ3v) is 5.79. The number of aromatic nitrogens is 2. The van der Waals surface area contributed by atoms with E-state index in [1.807, 2.05) is 16.6 Å². The fourth-order valence-corrected chi connectivity index (χ4v) is 4.05. The summed E-state index contributed by atoms with van der Waals surface area (Å²) in [5.41, 5.74) is 8.42. The molecule has 29 heavy (non-hydrogen) atoms. The summed E-state index contributed by atoms with van der Waals surface area (Å²) in [5.74, 6) is 0.134. The average Bonchev–Trinajstić information content (AvgIpc) is 3.03. The predicted octanol–water partition coefficient (Wildman–Crippen LogP) is 3.65.